The standard InChI is InChI=1S/C9H16ClN5/c1-4-6(5-2)15(3)9-13-7(10)12-8(11)14-9/h6H,4-5H2,1-3H3,(H2,11,12,13,14). The number of nitrogen functional groups attached to an aromatic ring is 1. The summed E-state index contributed by atoms with van der Waals surface area (Å²) in [6.45, 7) is 4.24. The molecule has 84 valence electrons. The first-order chi connectivity index (χ1) is 7.08. The van der Waals surface area contributed by atoms with Gasteiger partial charge in [-0.25, -0.2) is 0 Å². The molecule has 1 aromatic heterocycles. The number of anilines is 2. The highest BCUT2D eigenvalue weighted by atomic mass is 35.5. The lowest BCUT2D eigenvalue weighted by Gasteiger charge is -2.26. The third-order valence-corrected chi connectivity index (χ3v) is 2.59. The van der Waals surface area contributed by atoms with Gasteiger partial charge in [0.1, 0.15) is 0 Å². The van der Waals surface area contributed by atoms with Crippen LogP contribution in [0.5, 0.6) is 0 Å². The summed E-state index contributed by atoms with van der Waals surface area (Å²) in [4.78, 5) is 13.8. The van der Waals surface area contributed by atoms with Crippen LogP contribution in [0.2, 0.25) is 5.28 Å². The molecule has 15 heavy (non-hydrogen) atoms. The van der Waals surface area contributed by atoms with E-state index in [1.54, 1.807) is 0 Å². The van der Waals surface area contributed by atoms with Crippen molar-refractivity contribution in [2.45, 2.75) is 32.7 Å². The van der Waals surface area contributed by atoms with E-state index < -0.39 is 0 Å². The highest BCUT2D eigenvalue weighted by Crippen LogP contribution is 2.16. The fraction of sp³-hybridized carbons (Fsp3) is 0.667. The fourth-order valence-electron chi connectivity index (χ4n) is 1.51. The molecule has 1 aromatic rings. The second-order valence-electron chi connectivity index (χ2n) is 3.34. The lowest BCUT2D eigenvalue weighted by molar-refractivity contribution is 0.580. The molecule has 1 rings (SSSR count). The summed E-state index contributed by atoms with van der Waals surface area (Å²) in [6, 6.07) is 0.392. The Morgan fingerprint density at radius 3 is 2.33 bits per heavy atom. The van der Waals surface area contributed by atoms with Gasteiger partial charge in [0.05, 0.1) is 0 Å². The van der Waals surface area contributed by atoms with E-state index >= 15 is 0 Å². The van der Waals surface area contributed by atoms with E-state index in [4.69, 9.17) is 17.3 Å². The predicted molar refractivity (Wildman–Crippen MR) is 62.0 cm³/mol. The zero-order chi connectivity index (χ0) is 11.4. The van der Waals surface area contributed by atoms with Gasteiger partial charge in [0.2, 0.25) is 17.2 Å². The second-order valence-corrected chi connectivity index (χ2v) is 3.68. The van der Waals surface area contributed by atoms with E-state index in [-0.39, 0.29) is 11.2 Å². The highest BCUT2D eigenvalue weighted by Gasteiger charge is 2.14. The van der Waals surface area contributed by atoms with Gasteiger partial charge in [-0.05, 0) is 24.4 Å². The normalized spacial score (nSPS) is 10.7. The Kier molecular flexibility index (Phi) is 4.08. The van der Waals surface area contributed by atoms with Crippen molar-refractivity contribution in [1.82, 2.24) is 15.0 Å². The van der Waals surface area contributed by atoms with E-state index in [9.17, 15) is 0 Å². The topological polar surface area (TPSA) is 67.9 Å². The first-order valence-corrected chi connectivity index (χ1v) is 5.36. The smallest absolute Gasteiger partial charge is 0.231 e. The number of aromatic nitrogens is 3. The lowest BCUT2D eigenvalue weighted by Crippen LogP contribution is -2.32. The molecular formula is C9H16ClN5. The highest BCUT2D eigenvalue weighted by molar-refractivity contribution is 6.28. The number of rotatable bonds is 4. The molecule has 0 amide bonds. The molecule has 2 N–H and O–H groups in total. The summed E-state index contributed by atoms with van der Waals surface area (Å²) in [5.74, 6) is 0.684. The molecule has 1 heterocycles. The summed E-state index contributed by atoms with van der Waals surface area (Å²) in [6.07, 6.45) is 2.05. The molecule has 0 radical (unpaired) electrons. The van der Waals surface area contributed by atoms with Crippen LogP contribution in [0.1, 0.15) is 26.7 Å². The Balaban J connectivity index is 2.94. The van der Waals surface area contributed by atoms with Crippen LogP contribution in [-0.2, 0) is 0 Å². The minimum absolute atomic E-state index is 0.135. The Labute approximate surface area is 94.7 Å². The maximum absolute atomic E-state index is 5.72. The van der Waals surface area contributed by atoms with Gasteiger partial charge in [0.15, 0.2) is 0 Å². The van der Waals surface area contributed by atoms with Gasteiger partial charge in [-0.2, -0.15) is 15.0 Å². The van der Waals surface area contributed by atoms with Gasteiger partial charge >= 0.3 is 0 Å². The molecule has 0 aliphatic rings. The molecule has 0 unspecified atom stereocenters. The zero-order valence-corrected chi connectivity index (χ0v) is 9.99. The minimum atomic E-state index is 0.135. The van der Waals surface area contributed by atoms with Gasteiger partial charge in [-0.3, -0.25) is 0 Å². The summed E-state index contributed by atoms with van der Waals surface area (Å²) >= 11 is 5.72. The van der Waals surface area contributed by atoms with E-state index in [1.807, 2.05) is 11.9 Å². The molecule has 0 saturated carbocycles. The van der Waals surface area contributed by atoms with Crippen LogP contribution in [0.15, 0.2) is 0 Å². The van der Waals surface area contributed by atoms with E-state index in [0.29, 0.717) is 12.0 Å². The van der Waals surface area contributed by atoms with Crippen LogP contribution >= 0.6 is 11.6 Å². The van der Waals surface area contributed by atoms with Gasteiger partial charge in [-0.15, -0.1) is 0 Å². The van der Waals surface area contributed by atoms with Gasteiger partial charge < -0.3 is 10.6 Å². The average Bonchev–Trinajstić information content (AvgIpc) is 2.18. The molecule has 0 spiro atoms. The van der Waals surface area contributed by atoms with Crippen molar-refractivity contribution < 1.29 is 0 Å². The molecule has 6 heteroatoms. The molecule has 0 aliphatic heterocycles. The van der Waals surface area contributed by atoms with Gasteiger partial charge in [0, 0.05) is 13.1 Å². The second kappa shape index (κ2) is 5.11. The summed E-state index contributed by atoms with van der Waals surface area (Å²) in [7, 11) is 1.93. The van der Waals surface area contributed by atoms with Crippen molar-refractivity contribution in [3.05, 3.63) is 5.28 Å². The van der Waals surface area contributed by atoms with Crippen LogP contribution < -0.4 is 10.6 Å². The van der Waals surface area contributed by atoms with Gasteiger partial charge in [0.25, 0.3) is 0 Å². The number of nitrogens with zero attached hydrogens (tertiary/aromatic N) is 4. The monoisotopic (exact) mass is 229 g/mol. The van der Waals surface area contributed by atoms with Crippen LogP contribution in [0, 0.1) is 0 Å². The van der Waals surface area contributed by atoms with E-state index in [2.05, 4.69) is 28.8 Å². The summed E-state index contributed by atoms with van der Waals surface area (Å²) in [5.41, 5.74) is 5.51. The Hall–Kier alpha value is -1.10. The number of nitrogens with two attached hydrogens (primary N) is 1. The van der Waals surface area contributed by atoms with E-state index in [0.717, 1.165) is 12.8 Å². The van der Waals surface area contributed by atoms with Crippen molar-refractivity contribution in [2.24, 2.45) is 0 Å². The Bertz CT molecular complexity index is 306. The summed E-state index contributed by atoms with van der Waals surface area (Å²) < 4.78 is 0. The van der Waals surface area contributed by atoms with Crippen molar-refractivity contribution in [3.63, 3.8) is 0 Å². The summed E-state index contributed by atoms with van der Waals surface area (Å²) in [5, 5.41) is 0.135. The van der Waals surface area contributed by atoms with E-state index in [1.165, 1.54) is 0 Å². The lowest BCUT2D eigenvalue weighted by atomic mass is 10.1. The van der Waals surface area contributed by atoms with Crippen molar-refractivity contribution in [3.8, 4) is 0 Å². The Morgan fingerprint density at radius 2 is 1.87 bits per heavy atom. The van der Waals surface area contributed by atoms with Crippen molar-refractivity contribution in [1.29, 1.82) is 0 Å². The molecule has 0 bridgehead atoms. The molecule has 0 atom stereocenters. The Morgan fingerprint density at radius 1 is 1.27 bits per heavy atom. The first-order valence-electron chi connectivity index (χ1n) is 4.98. The molecule has 0 fully saturated rings. The van der Waals surface area contributed by atoms with Crippen molar-refractivity contribution >= 4 is 23.5 Å². The molecule has 0 aromatic carbocycles. The van der Waals surface area contributed by atoms with Crippen LogP contribution in [0.25, 0.3) is 0 Å². The molecular weight excluding hydrogens is 214 g/mol. The number of hydrogen-bond donors (Lipinski definition) is 1. The average molecular weight is 230 g/mol. The van der Waals surface area contributed by atoms with Gasteiger partial charge in [-0.1, -0.05) is 13.8 Å². The quantitative estimate of drug-likeness (QED) is 0.852. The zero-order valence-electron chi connectivity index (χ0n) is 9.24. The third-order valence-electron chi connectivity index (χ3n) is 2.42. The molecule has 0 saturated heterocycles. The fourth-order valence-corrected chi connectivity index (χ4v) is 1.67. The SMILES string of the molecule is CCC(CC)N(C)c1nc(N)nc(Cl)n1. The first kappa shape index (κ1) is 12.0. The van der Waals surface area contributed by atoms with Crippen LogP contribution in [0.3, 0.4) is 0 Å². The number of hydrogen-bond acceptors (Lipinski definition) is 5. The van der Waals surface area contributed by atoms with Crippen LogP contribution in [-0.4, -0.2) is 28.0 Å². The van der Waals surface area contributed by atoms with Crippen LogP contribution in [0.4, 0.5) is 11.9 Å². The largest absolute Gasteiger partial charge is 0.368 e. The maximum Gasteiger partial charge on any atom is 0.231 e. The number of halogens is 1. The van der Waals surface area contributed by atoms with Crippen molar-refractivity contribution in [2.75, 3.05) is 17.7 Å². The minimum Gasteiger partial charge on any atom is -0.368 e. The maximum atomic E-state index is 5.72. The predicted octanol–water partition coefficient (Wildman–Crippen LogP) is 1.73. The molecule has 0 aliphatic carbocycles. The molecule has 5 nitrogen and oxygen atoms in total. The third kappa shape index (κ3) is 2.92.